The Hall–Kier alpha value is -2.93. The van der Waals surface area contributed by atoms with Crippen LogP contribution in [0.1, 0.15) is 31.0 Å². The van der Waals surface area contributed by atoms with Crippen LogP contribution < -0.4 is 24.3 Å². The van der Waals surface area contributed by atoms with Gasteiger partial charge in [-0.25, -0.2) is 0 Å². The van der Waals surface area contributed by atoms with Crippen LogP contribution in [0, 0.1) is 5.92 Å². The molecule has 0 aliphatic heterocycles. The van der Waals surface area contributed by atoms with E-state index in [9.17, 15) is 4.79 Å². The molecule has 0 aliphatic carbocycles. The first kappa shape index (κ1) is 24.3. The molecule has 0 spiro atoms. The molecule has 170 valence electrons. The molecule has 0 fully saturated rings. The van der Waals surface area contributed by atoms with Crippen LogP contribution in [0.3, 0.4) is 0 Å². The second-order valence-corrected chi connectivity index (χ2v) is 7.73. The third kappa shape index (κ3) is 6.28. The summed E-state index contributed by atoms with van der Waals surface area (Å²) < 4.78 is 21.6. The Morgan fingerprint density at radius 3 is 2.06 bits per heavy atom. The van der Waals surface area contributed by atoms with Crippen LogP contribution in [-0.2, 0) is 11.3 Å². The number of methoxy groups -OCH3 is 4. The predicted octanol–water partition coefficient (Wildman–Crippen LogP) is 3.67. The van der Waals surface area contributed by atoms with Gasteiger partial charge in [-0.15, -0.1) is 0 Å². The molecule has 31 heavy (non-hydrogen) atoms. The number of benzene rings is 2. The van der Waals surface area contributed by atoms with Crippen LogP contribution in [0.5, 0.6) is 23.0 Å². The van der Waals surface area contributed by atoms with E-state index in [1.165, 1.54) is 0 Å². The van der Waals surface area contributed by atoms with Gasteiger partial charge < -0.3 is 24.3 Å². The Kier molecular flexibility index (Phi) is 9.00. The standard InChI is InChI=1S/C24H34N2O5/c1-16(2)22(17-8-11-19(28-4)12-9-17)25-21(27)15-26(3)14-18-10-13-20(29-5)24(31-7)23(18)30-6/h8-13,16,22H,14-15H2,1-7H3,(H,25,27). The van der Waals surface area contributed by atoms with E-state index in [-0.39, 0.29) is 24.4 Å². The SMILES string of the molecule is COc1ccc(C(NC(=O)CN(C)Cc2ccc(OC)c(OC)c2OC)C(C)C)cc1. The Balaban J connectivity index is 2.07. The number of nitrogens with one attached hydrogen (secondary N) is 1. The molecule has 2 aromatic rings. The highest BCUT2D eigenvalue weighted by atomic mass is 16.5. The summed E-state index contributed by atoms with van der Waals surface area (Å²) >= 11 is 0. The van der Waals surface area contributed by atoms with Crippen molar-refractivity contribution in [2.75, 3.05) is 42.0 Å². The number of carbonyl (C=O) groups excluding carboxylic acids is 1. The van der Waals surface area contributed by atoms with Crippen molar-refractivity contribution in [3.63, 3.8) is 0 Å². The number of likely N-dealkylation sites (N-methyl/N-ethyl adjacent to an activating group) is 1. The maximum Gasteiger partial charge on any atom is 0.234 e. The fourth-order valence-corrected chi connectivity index (χ4v) is 3.54. The Morgan fingerprint density at radius 1 is 0.903 bits per heavy atom. The molecular weight excluding hydrogens is 396 g/mol. The molecule has 0 saturated carbocycles. The molecule has 0 aromatic heterocycles. The van der Waals surface area contributed by atoms with Crippen LogP contribution in [0.4, 0.5) is 0 Å². The smallest absolute Gasteiger partial charge is 0.234 e. The van der Waals surface area contributed by atoms with Crippen LogP contribution in [0.15, 0.2) is 36.4 Å². The molecule has 7 nitrogen and oxygen atoms in total. The molecule has 0 heterocycles. The molecule has 0 radical (unpaired) electrons. The fraction of sp³-hybridized carbons (Fsp3) is 0.458. The molecule has 1 atom stereocenters. The second kappa shape index (κ2) is 11.5. The van der Waals surface area contributed by atoms with Crippen molar-refractivity contribution in [3.8, 4) is 23.0 Å². The highest BCUT2D eigenvalue weighted by molar-refractivity contribution is 5.78. The average Bonchev–Trinajstić information content (AvgIpc) is 2.76. The summed E-state index contributed by atoms with van der Waals surface area (Å²) in [6.07, 6.45) is 0. The molecule has 7 heteroatoms. The molecule has 2 rings (SSSR count). The molecule has 1 N–H and O–H groups in total. The van der Waals surface area contributed by atoms with Gasteiger partial charge in [-0.2, -0.15) is 0 Å². The Labute approximate surface area is 185 Å². The zero-order chi connectivity index (χ0) is 23.0. The zero-order valence-electron chi connectivity index (χ0n) is 19.5. The molecule has 0 saturated heterocycles. The summed E-state index contributed by atoms with van der Waals surface area (Å²) in [5.41, 5.74) is 1.96. The molecule has 0 bridgehead atoms. The summed E-state index contributed by atoms with van der Waals surface area (Å²) in [6.45, 7) is 4.95. The second-order valence-electron chi connectivity index (χ2n) is 7.73. The lowest BCUT2D eigenvalue weighted by atomic mass is 9.96. The third-order valence-electron chi connectivity index (χ3n) is 5.10. The van der Waals surface area contributed by atoms with Crippen LogP contribution >= 0.6 is 0 Å². The van der Waals surface area contributed by atoms with Crippen molar-refractivity contribution in [1.29, 1.82) is 0 Å². The van der Waals surface area contributed by atoms with Crippen LogP contribution in [0.25, 0.3) is 0 Å². The van der Waals surface area contributed by atoms with Gasteiger partial charge in [0.05, 0.1) is 41.0 Å². The maximum absolute atomic E-state index is 12.8. The van der Waals surface area contributed by atoms with Gasteiger partial charge in [0.25, 0.3) is 0 Å². The molecule has 0 aliphatic rings. The van der Waals surface area contributed by atoms with E-state index in [2.05, 4.69) is 19.2 Å². The minimum atomic E-state index is -0.0811. The van der Waals surface area contributed by atoms with Gasteiger partial charge in [0.15, 0.2) is 11.5 Å². The monoisotopic (exact) mass is 430 g/mol. The van der Waals surface area contributed by atoms with Crippen molar-refractivity contribution in [2.45, 2.75) is 26.4 Å². The van der Waals surface area contributed by atoms with Gasteiger partial charge in [-0.1, -0.05) is 32.0 Å². The van der Waals surface area contributed by atoms with E-state index < -0.39 is 0 Å². The lowest BCUT2D eigenvalue weighted by Crippen LogP contribution is -2.38. The number of amides is 1. The number of nitrogens with zero attached hydrogens (tertiary/aromatic N) is 1. The van der Waals surface area contributed by atoms with E-state index >= 15 is 0 Å². The van der Waals surface area contributed by atoms with E-state index in [4.69, 9.17) is 18.9 Å². The normalized spacial score (nSPS) is 11.9. The number of ether oxygens (including phenoxy) is 4. The molecule has 1 unspecified atom stereocenters. The van der Waals surface area contributed by atoms with Crippen LogP contribution in [-0.4, -0.2) is 52.8 Å². The van der Waals surface area contributed by atoms with Crippen molar-refractivity contribution >= 4 is 5.91 Å². The fourth-order valence-electron chi connectivity index (χ4n) is 3.54. The first-order valence-electron chi connectivity index (χ1n) is 10.2. The summed E-state index contributed by atoms with van der Waals surface area (Å²) in [5.74, 6) is 2.74. The minimum absolute atomic E-state index is 0.0449. The summed E-state index contributed by atoms with van der Waals surface area (Å²) in [4.78, 5) is 14.7. The molecule has 2 aromatic carbocycles. The largest absolute Gasteiger partial charge is 0.497 e. The highest BCUT2D eigenvalue weighted by Crippen LogP contribution is 2.40. The van der Waals surface area contributed by atoms with Crippen molar-refractivity contribution in [2.24, 2.45) is 5.92 Å². The Morgan fingerprint density at radius 2 is 1.55 bits per heavy atom. The first-order valence-corrected chi connectivity index (χ1v) is 10.2. The van der Waals surface area contributed by atoms with Crippen molar-refractivity contribution in [3.05, 3.63) is 47.5 Å². The molecule has 1 amide bonds. The summed E-state index contributed by atoms with van der Waals surface area (Å²) in [6, 6.07) is 11.5. The predicted molar refractivity (Wildman–Crippen MR) is 121 cm³/mol. The average molecular weight is 431 g/mol. The third-order valence-corrected chi connectivity index (χ3v) is 5.10. The van der Waals surface area contributed by atoms with Crippen molar-refractivity contribution < 1.29 is 23.7 Å². The van der Waals surface area contributed by atoms with Gasteiger partial charge in [0, 0.05) is 12.1 Å². The Bertz CT molecular complexity index is 852. The lowest BCUT2D eigenvalue weighted by molar-refractivity contribution is -0.123. The lowest BCUT2D eigenvalue weighted by Gasteiger charge is -2.25. The van der Waals surface area contributed by atoms with E-state index in [0.29, 0.717) is 23.8 Å². The highest BCUT2D eigenvalue weighted by Gasteiger charge is 2.21. The minimum Gasteiger partial charge on any atom is -0.497 e. The topological polar surface area (TPSA) is 69.3 Å². The van der Waals surface area contributed by atoms with Gasteiger partial charge in [-0.05, 0) is 36.7 Å². The maximum atomic E-state index is 12.8. The van der Waals surface area contributed by atoms with Gasteiger partial charge in [-0.3, -0.25) is 9.69 Å². The summed E-state index contributed by atoms with van der Waals surface area (Å²) in [5, 5.41) is 3.16. The van der Waals surface area contributed by atoms with Crippen molar-refractivity contribution in [1.82, 2.24) is 10.2 Å². The number of rotatable bonds is 11. The number of carbonyl (C=O) groups is 1. The van der Waals surface area contributed by atoms with Gasteiger partial charge in [0.2, 0.25) is 11.7 Å². The van der Waals surface area contributed by atoms with E-state index in [0.717, 1.165) is 16.9 Å². The van der Waals surface area contributed by atoms with Gasteiger partial charge >= 0.3 is 0 Å². The summed E-state index contributed by atoms with van der Waals surface area (Å²) in [7, 11) is 8.29. The number of hydrogen-bond donors (Lipinski definition) is 1. The van der Waals surface area contributed by atoms with E-state index in [1.807, 2.05) is 48.3 Å². The zero-order valence-corrected chi connectivity index (χ0v) is 19.5. The number of hydrogen-bond acceptors (Lipinski definition) is 6. The van der Waals surface area contributed by atoms with Crippen LogP contribution in [0.2, 0.25) is 0 Å². The quantitative estimate of drug-likeness (QED) is 0.587. The first-order chi connectivity index (χ1) is 14.8. The van der Waals surface area contributed by atoms with E-state index in [1.54, 1.807) is 28.4 Å². The molecular formula is C24H34N2O5. The van der Waals surface area contributed by atoms with Gasteiger partial charge in [0.1, 0.15) is 5.75 Å².